The first-order valence-electron chi connectivity index (χ1n) is 8.52. The molecule has 1 fully saturated rings. The summed E-state index contributed by atoms with van der Waals surface area (Å²) in [5.41, 5.74) is 0.947. The number of carbonyl (C=O) groups excluding carboxylic acids is 2. The van der Waals surface area contributed by atoms with Gasteiger partial charge in [-0.1, -0.05) is 30.3 Å². The van der Waals surface area contributed by atoms with E-state index in [0.717, 1.165) is 10.5 Å². The zero-order valence-electron chi connectivity index (χ0n) is 14.6. The average Bonchev–Trinajstić information content (AvgIpc) is 3.08. The lowest BCUT2D eigenvalue weighted by Crippen LogP contribution is -2.49. The molecule has 5 nitrogen and oxygen atoms in total. The minimum absolute atomic E-state index is 0.0759. The normalized spacial score (nSPS) is 18.7. The third kappa shape index (κ3) is 5.20. The van der Waals surface area contributed by atoms with Crippen molar-refractivity contribution in [2.75, 3.05) is 13.6 Å². The fourth-order valence-corrected chi connectivity index (χ4v) is 3.14. The van der Waals surface area contributed by atoms with Gasteiger partial charge in [-0.25, -0.2) is 0 Å². The highest BCUT2D eigenvalue weighted by Crippen LogP contribution is 2.31. The van der Waals surface area contributed by atoms with Crippen molar-refractivity contribution < 1.29 is 27.9 Å². The highest BCUT2D eigenvalue weighted by molar-refractivity contribution is 5.84. The predicted molar refractivity (Wildman–Crippen MR) is 88.9 cm³/mol. The second kappa shape index (κ2) is 8.53. The number of hydrogen-bond donors (Lipinski definition) is 1. The van der Waals surface area contributed by atoms with Gasteiger partial charge >= 0.3 is 6.18 Å². The third-order valence-electron chi connectivity index (χ3n) is 4.56. The van der Waals surface area contributed by atoms with Crippen LogP contribution in [0.5, 0.6) is 0 Å². The largest absolute Gasteiger partial charge is 0.416 e. The Kier molecular flexibility index (Phi) is 6.63. The molecule has 0 spiro atoms. The third-order valence-corrected chi connectivity index (χ3v) is 4.56. The van der Waals surface area contributed by atoms with Crippen LogP contribution in [0.25, 0.3) is 0 Å². The molecule has 2 atom stereocenters. The molecule has 0 aliphatic carbocycles. The summed E-state index contributed by atoms with van der Waals surface area (Å²) in [6.07, 6.45) is -7.05. The Morgan fingerprint density at radius 3 is 2.54 bits per heavy atom. The Balaban J connectivity index is 1.86. The fraction of sp³-hybridized carbons (Fsp3) is 0.556. The van der Waals surface area contributed by atoms with Crippen LogP contribution in [0.15, 0.2) is 30.3 Å². The zero-order chi connectivity index (χ0) is 19.3. The van der Waals surface area contributed by atoms with Gasteiger partial charge in [0.15, 0.2) is 6.10 Å². The van der Waals surface area contributed by atoms with Crippen LogP contribution in [0.1, 0.15) is 31.2 Å². The van der Waals surface area contributed by atoms with E-state index in [4.69, 9.17) is 0 Å². The second-order valence-corrected chi connectivity index (χ2v) is 6.52. The van der Waals surface area contributed by atoms with Crippen molar-refractivity contribution in [3.05, 3.63) is 35.9 Å². The van der Waals surface area contributed by atoms with Crippen LogP contribution in [0, 0.1) is 0 Å². The van der Waals surface area contributed by atoms with Crippen LogP contribution in [0.3, 0.4) is 0 Å². The van der Waals surface area contributed by atoms with Crippen LogP contribution in [0.2, 0.25) is 0 Å². The molecule has 0 saturated carbocycles. The summed E-state index contributed by atoms with van der Waals surface area (Å²) in [5, 5.41) is 9.44. The van der Waals surface area contributed by atoms with E-state index in [1.807, 2.05) is 30.3 Å². The molecule has 0 bridgehead atoms. The Labute approximate surface area is 150 Å². The van der Waals surface area contributed by atoms with Crippen LogP contribution in [-0.2, 0) is 16.1 Å². The van der Waals surface area contributed by atoms with Crippen molar-refractivity contribution in [2.45, 2.75) is 50.6 Å². The summed E-state index contributed by atoms with van der Waals surface area (Å²) in [6.45, 7) is 0.567. The lowest BCUT2D eigenvalue weighted by Gasteiger charge is -2.30. The minimum atomic E-state index is -4.76. The minimum Gasteiger partial charge on any atom is -0.382 e. The van der Waals surface area contributed by atoms with Crippen molar-refractivity contribution in [3.8, 4) is 0 Å². The van der Waals surface area contributed by atoms with Crippen LogP contribution >= 0.6 is 0 Å². The predicted octanol–water partition coefficient (Wildman–Crippen LogP) is 2.34. The molecule has 144 valence electrons. The first kappa shape index (κ1) is 20.2. The van der Waals surface area contributed by atoms with Gasteiger partial charge in [-0.15, -0.1) is 0 Å². The number of carbonyl (C=O) groups is 2. The molecular formula is C18H23F3N2O3. The molecule has 0 radical (unpaired) electrons. The Bertz CT molecular complexity index is 622. The van der Waals surface area contributed by atoms with E-state index < -0.39 is 24.2 Å². The van der Waals surface area contributed by atoms with E-state index in [2.05, 4.69) is 0 Å². The Morgan fingerprint density at radius 2 is 1.92 bits per heavy atom. The maximum atomic E-state index is 12.7. The number of hydrogen-bond acceptors (Lipinski definition) is 3. The monoisotopic (exact) mass is 372 g/mol. The van der Waals surface area contributed by atoms with Crippen molar-refractivity contribution in [1.82, 2.24) is 9.80 Å². The number of benzene rings is 1. The van der Waals surface area contributed by atoms with Gasteiger partial charge in [-0.3, -0.25) is 9.59 Å². The van der Waals surface area contributed by atoms with Crippen molar-refractivity contribution >= 4 is 11.8 Å². The maximum absolute atomic E-state index is 12.7. The van der Waals surface area contributed by atoms with E-state index >= 15 is 0 Å². The summed E-state index contributed by atoms with van der Waals surface area (Å²) >= 11 is 0. The number of nitrogens with zero attached hydrogens (tertiary/aromatic N) is 2. The van der Waals surface area contributed by atoms with Gasteiger partial charge in [0.2, 0.25) is 11.8 Å². The quantitative estimate of drug-likeness (QED) is 0.834. The highest BCUT2D eigenvalue weighted by atomic mass is 19.4. The van der Waals surface area contributed by atoms with E-state index in [1.54, 1.807) is 7.05 Å². The summed E-state index contributed by atoms with van der Waals surface area (Å²) in [7, 11) is 1.62. The van der Waals surface area contributed by atoms with E-state index in [0.29, 0.717) is 13.0 Å². The molecule has 1 aromatic rings. The maximum Gasteiger partial charge on any atom is 0.416 e. The number of rotatable bonds is 6. The molecule has 1 heterocycles. The van der Waals surface area contributed by atoms with Crippen molar-refractivity contribution in [1.29, 1.82) is 0 Å². The summed E-state index contributed by atoms with van der Waals surface area (Å²) < 4.78 is 38.1. The van der Waals surface area contributed by atoms with Crippen LogP contribution in [0.4, 0.5) is 13.2 Å². The zero-order valence-corrected chi connectivity index (χ0v) is 14.6. The van der Waals surface area contributed by atoms with Crippen LogP contribution in [-0.4, -0.2) is 58.6 Å². The van der Waals surface area contributed by atoms with E-state index in [9.17, 15) is 27.9 Å². The number of halogens is 3. The molecule has 2 rings (SSSR count). The summed E-state index contributed by atoms with van der Waals surface area (Å²) in [6, 6.07) is 8.07. The van der Waals surface area contributed by atoms with Gasteiger partial charge < -0.3 is 14.9 Å². The molecule has 1 aliphatic rings. The average molecular weight is 372 g/mol. The number of alkyl halides is 3. The number of likely N-dealkylation sites (tertiary alicyclic amines) is 1. The topological polar surface area (TPSA) is 60.9 Å². The van der Waals surface area contributed by atoms with E-state index in [-0.39, 0.29) is 31.7 Å². The highest BCUT2D eigenvalue weighted by Gasteiger charge is 2.48. The lowest BCUT2D eigenvalue weighted by atomic mass is 10.1. The van der Waals surface area contributed by atoms with Gasteiger partial charge in [0, 0.05) is 33.0 Å². The fourth-order valence-electron chi connectivity index (χ4n) is 3.14. The lowest BCUT2D eigenvalue weighted by molar-refractivity contribution is -0.219. The van der Waals surface area contributed by atoms with Gasteiger partial charge in [0.05, 0.1) is 6.04 Å². The molecular weight excluding hydrogens is 349 g/mol. The van der Waals surface area contributed by atoms with Gasteiger partial charge in [0.1, 0.15) is 0 Å². The molecule has 2 amide bonds. The van der Waals surface area contributed by atoms with Crippen molar-refractivity contribution in [3.63, 3.8) is 0 Å². The Hall–Kier alpha value is -2.09. The molecule has 8 heteroatoms. The number of aliphatic hydroxyl groups excluding tert-OH is 1. The van der Waals surface area contributed by atoms with Gasteiger partial charge in [0.25, 0.3) is 0 Å². The van der Waals surface area contributed by atoms with E-state index in [1.165, 1.54) is 4.90 Å². The summed E-state index contributed by atoms with van der Waals surface area (Å²) in [4.78, 5) is 27.0. The van der Waals surface area contributed by atoms with Crippen molar-refractivity contribution in [2.24, 2.45) is 0 Å². The molecule has 1 N–H and O–H groups in total. The second-order valence-electron chi connectivity index (χ2n) is 6.52. The molecule has 1 aromatic carbocycles. The number of aliphatic hydroxyl groups is 1. The molecule has 1 aliphatic heterocycles. The smallest absolute Gasteiger partial charge is 0.382 e. The SMILES string of the molecule is CN(Cc1ccccc1)C(=O)CCC(=O)N1CCC[C@H]1C(O)C(F)(F)F. The first-order chi connectivity index (χ1) is 12.2. The van der Waals surface area contributed by atoms with Gasteiger partial charge in [-0.05, 0) is 18.4 Å². The van der Waals surface area contributed by atoms with Crippen LogP contribution < -0.4 is 0 Å². The van der Waals surface area contributed by atoms with Gasteiger partial charge in [-0.2, -0.15) is 13.2 Å². The molecule has 26 heavy (non-hydrogen) atoms. The molecule has 1 saturated heterocycles. The standard InChI is InChI=1S/C18H23F3N2O3/c1-22(12-13-6-3-2-4-7-13)15(24)9-10-16(25)23-11-5-8-14(23)17(26)18(19,20)21/h2-4,6-7,14,17,26H,5,8-12H2,1H3/t14-,17?/m0/s1. The first-order valence-corrected chi connectivity index (χ1v) is 8.52. The summed E-state index contributed by atoms with van der Waals surface area (Å²) in [5.74, 6) is -0.786. The Morgan fingerprint density at radius 1 is 1.27 bits per heavy atom. The molecule has 0 aromatic heterocycles. The number of amides is 2. The molecule has 1 unspecified atom stereocenters.